The Labute approximate surface area is 77.9 Å². The van der Waals surface area contributed by atoms with E-state index in [1.807, 2.05) is 6.92 Å². The Morgan fingerprint density at radius 1 is 1.75 bits per heavy atom. The highest BCUT2D eigenvalue weighted by Gasteiger charge is 2.00. The molecule has 2 N–H and O–H groups in total. The molecule has 0 atom stereocenters. The highest BCUT2D eigenvalue weighted by Crippen LogP contribution is 2.26. The standard InChI is InChI=1S/C5H8N4OS2/c1-2-11-5-9-8-4(12-5)6-3-7-10/h3,10H,2H2,1H3,(H,6,7,8). The third-order valence-corrected chi connectivity index (χ3v) is 2.74. The first kappa shape index (κ1) is 9.43. The Morgan fingerprint density at radius 3 is 3.25 bits per heavy atom. The number of hydrogen-bond donors (Lipinski definition) is 2. The van der Waals surface area contributed by atoms with E-state index in [1.54, 1.807) is 17.2 Å². The van der Waals surface area contributed by atoms with Gasteiger partial charge in [0.05, 0.1) is 0 Å². The number of nitrogens with zero attached hydrogens (tertiary/aromatic N) is 3. The number of aromatic nitrogens is 2. The molecule has 0 radical (unpaired) electrons. The molecule has 0 aliphatic carbocycles. The van der Waals surface area contributed by atoms with E-state index in [9.17, 15) is 0 Å². The van der Waals surface area contributed by atoms with Gasteiger partial charge in [-0.1, -0.05) is 30.0 Å². The Morgan fingerprint density at radius 2 is 2.58 bits per heavy atom. The van der Waals surface area contributed by atoms with E-state index in [4.69, 9.17) is 5.21 Å². The topological polar surface area (TPSA) is 70.4 Å². The summed E-state index contributed by atoms with van der Waals surface area (Å²) in [6.45, 7) is 2.05. The molecule has 1 aromatic rings. The van der Waals surface area contributed by atoms with Gasteiger partial charge in [-0.25, -0.2) is 4.99 Å². The lowest BCUT2D eigenvalue weighted by molar-refractivity contribution is 0.240. The maximum Gasteiger partial charge on any atom is 0.233 e. The van der Waals surface area contributed by atoms with Crippen molar-refractivity contribution in [3.05, 3.63) is 0 Å². The molecule has 0 amide bonds. The van der Waals surface area contributed by atoms with E-state index in [2.05, 4.69) is 15.2 Å². The van der Waals surface area contributed by atoms with Gasteiger partial charge in [0.2, 0.25) is 5.13 Å². The van der Waals surface area contributed by atoms with Gasteiger partial charge in [0.1, 0.15) is 6.34 Å². The SMILES string of the molecule is CCSc1nnc(/N=C/NO)s1. The number of hydrogen-bond acceptors (Lipinski definition) is 6. The van der Waals surface area contributed by atoms with Gasteiger partial charge < -0.3 is 0 Å². The highest BCUT2D eigenvalue weighted by molar-refractivity contribution is 8.01. The molecule has 0 bridgehead atoms. The average molecular weight is 204 g/mol. The smallest absolute Gasteiger partial charge is 0.233 e. The largest absolute Gasteiger partial charge is 0.290 e. The molecule has 0 spiro atoms. The van der Waals surface area contributed by atoms with Crippen LogP contribution in [0, 0.1) is 0 Å². The van der Waals surface area contributed by atoms with E-state index in [0.29, 0.717) is 5.13 Å². The maximum atomic E-state index is 8.19. The predicted molar refractivity (Wildman–Crippen MR) is 49.4 cm³/mol. The molecular weight excluding hydrogens is 196 g/mol. The summed E-state index contributed by atoms with van der Waals surface area (Å²) >= 11 is 3.01. The lowest BCUT2D eigenvalue weighted by atomic mass is 11.0. The van der Waals surface area contributed by atoms with Gasteiger partial charge in [-0.2, -0.15) is 0 Å². The number of nitrogens with one attached hydrogen (secondary N) is 1. The molecule has 7 heteroatoms. The molecule has 0 aliphatic rings. The first-order valence-electron chi connectivity index (χ1n) is 3.25. The van der Waals surface area contributed by atoms with Crippen LogP contribution in [0.5, 0.6) is 0 Å². The van der Waals surface area contributed by atoms with Gasteiger partial charge in [-0.05, 0) is 5.75 Å². The second-order valence-corrected chi connectivity index (χ2v) is 4.14. The molecule has 0 fully saturated rings. The number of hydroxylamine groups is 1. The van der Waals surface area contributed by atoms with E-state index in [0.717, 1.165) is 16.4 Å². The zero-order valence-corrected chi connectivity index (χ0v) is 8.02. The van der Waals surface area contributed by atoms with Gasteiger partial charge in [0.25, 0.3) is 0 Å². The van der Waals surface area contributed by atoms with Crippen molar-refractivity contribution in [2.24, 2.45) is 4.99 Å². The van der Waals surface area contributed by atoms with E-state index in [-0.39, 0.29) is 0 Å². The van der Waals surface area contributed by atoms with E-state index < -0.39 is 0 Å². The normalized spacial score (nSPS) is 10.8. The third-order valence-electron chi connectivity index (χ3n) is 0.896. The molecule has 1 rings (SSSR count). The molecule has 0 aromatic carbocycles. The average Bonchev–Trinajstić information content (AvgIpc) is 2.50. The first-order chi connectivity index (χ1) is 5.86. The Hall–Kier alpha value is -0.660. The Kier molecular flexibility index (Phi) is 3.98. The number of thioether (sulfide) groups is 1. The fourth-order valence-electron chi connectivity index (χ4n) is 0.521. The minimum Gasteiger partial charge on any atom is -0.290 e. The summed E-state index contributed by atoms with van der Waals surface area (Å²) in [6, 6.07) is 0. The van der Waals surface area contributed by atoms with Gasteiger partial charge in [-0.15, -0.1) is 10.2 Å². The van der Waals surface area contributed by atoms with Crippen molar-refractivity contribution in [3.8, 4) is 0 Å². The van der Waals surface area contributed by atoms with Gasteiger partial charge >= 0.3 is 0 Å². The minimum atomic E-state index is 0.535. The summed E-state index contributed by atoms with van der Waals surface area (Å²) in [5.74, 6) is 0.969. The Bertz CT molecular complexity index is 262. The van der Waals surface area contributed by atoms with Crippen LogP contribution in [-0.2, 0) is 0 Å². The summed E-state index contributed by atoms with van der Waals surface area (Å²) in [7, 11) is 0. The zero-order valence-electron chi connectivity index (χ0n) is 6.39. The summed E-state index contributed by atoms with van der Waals surface area (Å²) in [5, 5.41) is 16.4. The van der Waals surface area contributed by atoms with Crippen molar-refractivity contribution < 1.29 is 5.21 Å². The van der Waals surface area contributed by atoms with Crippen LogP contribution in [-0.4, -0.2) is 27.5 Å². The minimum absolute atomic E-state index is 0.535. The molecule has 1 heterocycles. The molecular formula is C5H8N4OS2. The van der Waals surface area contributed by atoms with Crippen molar-refractivity contribution in [3.63, 3.8) is 0 Å². The highest BCUT2D eigenvalue weighted by atomic mass is 32.2. The number of aliphatic imine (C=N–C) groups is 1. The Balaban J connectivity index is 2.57. The van der Waals surface area contributed by atoms with Crippen molar-refractivity contribution in [2.75, 3.05) is 5.75 Å². The van der Waals surface area contributed by atoms with E-state index >= 15 is 0 Å². The molecule has 12 heavy (non-hydrogen) atoms. The van der Waals surface area contributed by atoms with Crippen LogP contribution in [0.15, 0.2) is 9.33 Å². The van der Waals surface area contributed by atoms with Crippen LogP contribution in [0.1, 0.15) is 6.92 Å². The van der Waals surface area contributed by atoms with Crippen LogP contribution in [0.3, 0.4) is 0 Å². The van der Waals surface area contributed by atoms with Crippen LogP contribution >= 0.6 is 23.1 Å². The monoisotopic (exact) mass is 204 g/mol. The third kappa shape index (κ3) is 2.76. The van der Waals surface area contributed by atoms with Crippen LogP contribution in [0.4, 0.5) is 5.13 Å². The van der Waals surface area contributed by atoms with Gasteiger partial charge in [0, 0.05) is 0 Å². The van der Waals surface area contributed by atoms with Crippen LogP contribution in [0.25, 0.3) is 0 Å². The van der Waals surface area contributed by atoms with Crippen molar-refractivity contribution in [1.29, 1.82) is 0 Å². The molecule has 5 nitrogen and oxygen atoms in total. The quantitative estimate of drug-likeness (QED) is 0.335. The van der Waals surface area contributed by atoms with Crippen LogP contribution < -0.4 is 5.48 Å². The molecule has 1 aromatic heterocycles. The van der Waals surface area contributed by atoms with Gasteiger partial charge in [0.15, 0.2) is 4.34 Å². The van der Waals surface area contributed by atoms with Crippen molar-refractivity contribution in [1.82, 2.24) is 15.7 Å². The molecule has 0 unspecified atom stereocenters. The van der Waals surface area contributed by atoms with Gasteiger partial charge in [-0.3, -0.25) is 10.7 Å². The predicted octanol–water partition coefficient (Wildman–Crippen LogP) is 1.29. The number of rotatable bonds is 4. The second-order valence-electron chi connectivity index (χ2n) is 1.67. The zero-order chi connectivity index (χ0) is 8.81. The molecule has 0 saturated carbocycles. The first-order valence-corrected chi connectivity index (χ1v) is 5.05. The summed E-state index contributed by atoms with van der Waals surface area (Å²) in [4.78, 5) is 3.77. The summed E-state index contributed by atoms with van der Waals surface area (Å²) in [5.41, 5.74) is 1.80. The maximum absolute atomic E-state index is 8.19. The molecule has 0 aliphatic heterocycles. The fraction of sp³-hybridized carbons (Fsp3) is 0.400. The van der Waals surface area contributed by atoms with Crippen molar-refractivity contribution >= 4 is 34.6 Å². The van der Waals surface area contributed by atoms with Crippen molar-refractivity contribution in [2.45, 2.75) is 11.3 Å². The van der Waals surface area contributed by atoms with Crippen LogP contribution in [0.2, 0.25) is 0 Å². The lowest BCUT2D eigenvalue weighted by Gasteiger charge is -1.83. The summed E-state index contributed by atoms with van der Waals surface area (Å²) < 4.78 is 0.891. The fourth-order valence-corrected chi connectivity index (χ4v) is 2.10. The van der Waals surface area contributed by atoms with E-state index in [1.165, 1.54) is 11.3 Å². The second kappa shape index (κ2) is 5.07. The molecule has 0 saturated heterocycles. The summed E-state index contributed by atoms with van der Waals surface area (Å²) in [6.07, 6.45) is 1.15. The molecule has 66 valence electrons. The lowest BCUT2D eigenvalue weighted by Crippen LogP contribution is -2.00.